The standard InChI is InChI=1S/C21H13NO3S/c1-10-6-7-13-15(8-10)26-16-9-14(23)17-18(19(16)22-13)21(25)12-5-3-2-4-11(12)20(17)24/h2-9,18,24H,1H3. The molecule has 1 atom stereocenters. The van der Waals surface area contributed by atoms with Crippen LogP contribution in [0.5, 0.6) is 0 Å². The van der Waals surface area contributed by atoms with Crippen LogP contribution in [0.1, 0.15) is 21.5 Å². The van der Waals surface area contributed by atoms with E-state index in [9.17, 15) is 14.7 Å². The zero-order valence-electron chi connectivity index (χ0n) is 13.8. The van der Waals surface area contributed by atoms with Crippen molar-refractivity contribution < 1.29 is 14.7 Å². The minimum Gasteiger partial charge on any atom is -0.507 e. The van der Waals surface area contributed by atoms with Crippen molar-refractivity contribution in [3.05, 3.63) is 75.7 Å². The lowest BCUT2D eigenvalue weighted by molar-refractivity contribution is -0.111. The SMILES string of the molecule is Cc1ccc2c(c1)SC1=CC(=O)C3=C(O)c4ccccc4C(=O)C3C1=N2. The van der Waals surface area contributed by atoms with Crippen molar-refractivity contribution in [2.75, 3.05) is 0 Å². The number of aliphatic hydroxyl groups is 1. The lowest BCUT2D eigenvalue weighted by Gasteiger charge is -2.32. The molecule has 0 fully saturated rings. The fourth-order valence-electron chi connectivity index (χ4n) is 3.65. The number of nitrogens with zero attached hydrogens (tertiary/aromatic N) is 1. The van der Waals surface area contributed by atoms with E-state index in [4.69, 9.17) is 4.99 Å². The predicted octanol–water partition coefficient (Wildman–Crippen LogP) is 4.42. The van der Waals surface area contributed by atoms with Crippen molar-refractivity contribution >= 4 is 40.5 Å². The normalized spacial score (nSPS) is 20.6. The maximum absolute atomic E-state index is 13.1. The van der Waals surface area contributed by atoms with Crippen LogP contribution in [0.3, 0.4) is 0 Å². The average molecular weight is 359 g/mol. The molecule has 0 amide bonds. The van der Waals surface area contributed by atoms with Crippen LogP contribution in [0.4, 0.5) is 5.69 Å². The molecule has 0 bridgehead atoms. The third kappa shape index (κ3) is 2.01. The number of rotatable bonds is 0. The quantitative estimate of drug-likeness (QED) is 0.756. The van der Waals surface area contributed by atoms with Crippen molar-refractivity contribution in [3.63, 3.8) is 0 Å². The third-order valence-corrected chi connectivity index (χ3v) is 5.98. The van der Waals surface area contributed by atoms with Gasteiger partial charge in [0.05, 0.1) is 22.9 Å². The Hall–Kier alpha value is -2.92. The lowest BCUT2D eigenvalue weighted by atomic mass is 9.74. The highest BCUT2D eigenvalue weighted by Gasteiger charge is 2.45. The molecule has 0 aromatic heterocycles. The third-order valence-electron chi connectivity index (χ3n) is 4.88. The van der Waals surface area contributed by atoms with Gasteiger partial charge in [-0.05, 0) is 24.6 Å². The van der Waals surface area contributed by atoms with E-state index >= 15 is 0 Å². The number of fused-ring (bicyclic) bond motifs is 5. The van der Waals surface area contributed by atoms with Gasteiger partial charge in [-0.25, -0.2) is 4.99 Å². The first-order chi connectivity index (χ1) is 12.5. The molecule has 126 valence electrons. The smallest absolute Gasteiger partial charge is 0.187 e. The summed E-state index contributed by atoms with van der Waals surface area (Å²) in [6.45, 7) is 2.00. The van der Waals surface area contributed by atoms with Gasteiger partial charge in [-0.15, -0.1) is 0 Å². The number of benzene rings is 2. The second-order valence-corrected chi connectivity index (χ2v) is 7.63. The number of Topliss-reactive ketones (excluding diaryl/α,β-unsaturated/α-hetero) is 1. The zero-order chi connectivity index (χ0) is 18.0. The van der Waals surface area contributed by atoms with Crippen LogP contribution in [0, 0.1) is 12.8 Å². The van der Waals surface area contributed by atoms with Gasteiger partial charge >= 0.3 is 0 Å². The highest BCUT2D eigenvalue weighted by atomic mass is 32.2. The second-order valence-electron chi connectivity index (χ2n) is 6.55. The molecule has 1 unspecified atom stereocenters. The molecule has 3 aliphatic rings. The summed E-state index contributed by atoms with van der Waals surface area (Å²) in [6, 6.07) is 12.7. The van der Waals surface area contributed by atoms with Crippen molar-refractivity contribution in [1.82, 2.24) is 0 Å². The van der Waals surface area contributed by atoms with Gasteiger partial charge in [0.25, 0.3) is 0 Å². The van der Waals surface area contributed by atoms with E-state index < -0.39 is 5.92 Å². The van der Waals surface area contributed by atoms with E-state index in [1.807, 2.05) is 25.1 Å². The van der Waals surface area contributed by atoms with Crippen LogP contribution in [0.2, 0.25) is 0 Å². The molecule has 1 aliphatic heterocycles. The molecule has 4 nitrogen and oxygen atoms in total. The largest absolute Gasteiger partial charge is 0.507 e. The number of allylic oxidation sites excluding steroid dienone is 3. The molecule has 26 heavy (non-hydrogen) atoms. The van der Waals surface area contributed by atoms with Gasteiger partial charge in [0.2, 0.25) is 0 Å². The fourth-order valence-corrected chi connectivity index (χ4v) is 4.78. The average Bonchev–Trinajstić information content (AvgIpc) is 2.64. The van der Waals surface area contributed by atoms with E-state index in [0.717, 1.165) is 16.1 Å². The molecule has 0 saturated heterocycles. The van der Waals surface area contributed by atoms with Crippen LogP contribution in [-0.2, 0) is 4.79 Å². The molecule has 5 heteroatoms. The maximum atomic E-state index is 13.1. The number of aliphatic imine (C=N–C) groups is 1. The number of hydrogen-bond donors (Lipinski definition) is 1. The first kappa shape index (κ1) is 15.3. The molecule has 0 radical (unpaired) electrons. The molecule has 2 aromatic rings. The maximum Gasteiger partial charge on any atom is 0.187 e. The van der Waals surface area contributed by atoms with Gasteiger partial charge in [0.15, 0.2) is 11.6 Å². The summed E-state index contributed by atoms with van der Waals surface area (Å²) in [5, 5.41) is 10.7. The van der Waals surface area contributed by atoms with Crippen molar-refractivity contribution in [2.24, 2.45) is 10.9 Å². The number of thioether (sulfide) groups is 1. The topological polar surface area (TPSA) is 66.7 Å². The Morgan fingerprint density at radius 1 is 1.08 bits per heavy atom. The summed E-state index contributed by atoms with van der Waals surface area (Å²) in [4.78, 5) is 32.2. The Morgan fingerprint density at radius 3 is 2.65 bits per heavy atom. The number of carbonyl (C=O) groups is 2. The summed E-state index contributed by atoms with van der Waals surface area (Å²) in [5.74, 6) is -1.48. The second kappa shape index (κ2) is 5.29. The highest BCUT2D eigenvalue weighted by molar-refractivity contribution is 8.04. The molecule has 5 rings (SSSR count). The monoisotopic (exact) mass is 359 g/mol. The molecular weight excluding hydrogens is 346 g/mol. The lowest BCUT2D eigenvalue weighted by Crippen LogP contribution is -2.37. The molecule has 0 saturated carbocycles. The predicted molar refractivity (Wildman–Crippen MR) is 101 cm³/mol. The van der Waals surface area contributed by atoms with Gasteiger partial charge in [-0.1, -0.05) is 42.1 Å². The Labute approximate surface area is 154 Å². The van der Waals surface area contributed by atoms with E-state index in [0.29, 0.717) is 21.7 Å². The minimum absolute atomic E-state index is 0.118. The van der Waals surface area contributed by atoms with Gasteiger partial charge in [-0.2, -0.15) is 0 Å². The van der Waals surface area contributed by atoms with E-state index in [1.165, 1.54) is 17.8 Å². The van der Waals surface area contributed by atoms with Crippen LogP contribution in [-0.4, -0.2) is 22.4 Å². The zero-order valence-corrected chi connectivity index (χ0v) is 14.6. The number of hydrogen-bond acceptors (Lipinski definition) is 5. The van der Waals surface area contributed by atoms with E-state index in [1.54, 1.807) is 24.3 Å². The van der Waals surface area contributed by atoms with Crippen molar-refractivity contribution in [3.8, 4) is 0 Å². The Kier molecular flexibility index (Phi) is 3.12. The van der Waals surface area contributed by atoms with Crippen LogP contribution in [0.25, 0.3) is 5.76 Å². The van der Waals surface area contributed by atoms with E-state index in [-0.39, 0.29) is 22.9 Å². The van der Waals surface area contributed by atoms with Crippen LogP contribution >= 0.6 is 11.8 Å². The summed E-state index contributed by atoms with van der Waals surface area (Å²) in [7, 11) is 0. The summed E-state index contributed by atoms with van der Waals surface area (Å²) < 4.78 is 0. The van der Waals surface area contributed by atoms with Gasteiger partial charge < -0.3 is 5.11 Å². The molecule has 1 N–H and O–H groups in total. The summed E-state index contributed by atoms with van der Waals surface area (Å²) in [6.07, 6.45) is 1.48. The molecule has 1 heterocycles. The number of carbonyl (C=O) groups excluding carboxylic acids is 2. The number of aryl methyl sites for hydroxylation is 1. The first-order valence-electron chi connectivity index (χ1n) is 8.25. The summed E-state index contributed by atoms with van der Waals surface area (Å²) >= 11 is 1.45. The van der Waals surface area contributed by atoms with Crippen LogP contribution < -0.4 is 0 Å². The Balaban J connectivity index is 1.77. The summed E-state index contributed by atoms with van der Waals surface area (Å²) in [5.41, 5.74) is 3.41. The molecule has 2 aliphatic carbocycles. The van der Waals surface area contributed by atoms with Gasteiger partial charge in [-0.3, -0.25) is 9.59 Å². The molecular formula is C21H13NO3S. The van der Waals surface area contributed by atoms with E-state index in [2.05, 4.69) is 0 Å². The molecule has 2 aromatic carbocycles. The van der Waals surface area contributed by atoms with Gasteiger partial charge in [0.1, 0.15) is 5.76 Å². The Bertz CT molecular complexity index is 1120. The Morgan fingerprint density at radius 2 is 1.85 bits per heavy atom. The van der Waals surface area contributed by atoms with Crippen LogP contribution in [0.15, 0.2) is 68.9 Å². The fraction of sp³-hybridized carbons (Fsp3) is 0.0952. The van der Waals surface area contributed by atoms with Crippen molar-refractivity contribution in [1.29, 1.82) is 0 Å². The first-order valence-corrected chi connectivity index (χ1v) is 9.06. The van der Waals surface area contributed by atoms with Gasteiger partial charge in [0, 0.05) is 27.0 Å². The van der Waals surface area contributed by atoms with Crippen molar-refractivity contribution in [2.45, 2.75) is 11.8 Å². The minimum atomic E-state index is -0.848. The highest BCUT2D eigenvalue weighted by Crippen LogP contribution is 2.48. The number of aliphatic hydroxyl groups excluding tert-OH is 1. The number of ketones is 2. The molecule has 0 spiro atoms.